The monoisotopic (exact) mass is 411 g/mol. The zero-order chi connectivity index (χ0) is 21.8. The summed E-state index contributed by atoms with van der Waals surface area (Å²) in [6, 6.07) is 7.91. The Morgan fingerprint density at radius 1 is 1.23 bits per heavy atom. The van der Waals surface area contributed by atoms with Gasteiger partial charge in [0.25, 0.3) is 11.8 Å². The van der Waals surface area contributed by atoms with Gasteiger partial charge in [-0.2, -0.15) is 0 Å². The van der Waals surface area contributed by atoms with Crippen LogP contribution in [-0.2, 0) is 4.79 Å². The number of hydrogen-bond acceptors (Lipinski definition) is 8. The van der Waals surface area contributed by atoms with Gasteiger partial charge in [0.2, 0.25) is 0 Å². The van der Waals surface area contributed by atoms with Crippen molar-refractivity contribution in [2.24, 2.45) is 5.73 Å². The Balaban J connectivity index is 1.94. The molecule has 0 unspecified atom stereocenters. The van der Waals surface area contributed by atoms with Gasteiger partial charge in [-0.25, -0.2) is 4.98 Å². The maximum atomic E-state index is 12.1. The smallest absolute Gasteiger partial charge is 0.267 e. The number of aliphatic hydroxyl groups excluding tert-OH is 1. The molecule has 0 aliphatic heterocycles. The summed E-state index contributed by atoms with van der Waals surface area (Å²) in [7, 11) is 3.05. The van der Waals surface area contributed by atoms with Crippen LogP contribution >= 0.6 is 0 Å². The maximum Gasteiger partial charge on any atom is 0.267 e. The maximum absolute atomic E-state index is 12.1. The van der Waals surface area contributed by atoms with Crippen LogP contribution in [0.5, 0.6) is 5.75 Å². The second-order valence-corrected chi connectivity index (χ2v) is 6.44. The number of aliphatic hydroxyl groups is 1. The Morgan fingerprint density at radius 2 is 2.00 bits per heavy atom. The lowest BCUT2D eigenvalue weighted by Gasteiger charge is -2.16. The van der Waals surface area contributed by atoms with Crippen LogP contribution in [0.1, 0.15) is 29.3 Å². The predicted molar refractivity (Wildman–Crippen MR) is 106 cm³/mol. The Bertz CT molecular complexity index is 1080. The Morgan fingerprint density at radius 3 is 2.67 bits per heavy atom. The van der Waals surface area contributed by atoms with Crippen molar-refractivity contribution >= 4 is 11.8 Å². The number of hydrogen-bond donors (Lipinski definition) is 2. The number of aromatic nitrogens is 3. The second kappa shape index (κ2) is 8.70. The van der Waals surface area contributed by atoms with Crippen LogP contribution < -0.4 is 10.5 Å². The number of pyridine rings is 2. The first-order valence-corrected chi connectivity index (χ1v) is 9.06. The molecule has 0 fully saturated rings. The molecule has 3 aromatic rings. The first kappa shape index (κ1) is 20.9. The molecular formula is C20H21N5O5. The molecule has 0 radical (unpaired) electrons. The molecule has 1 atom stereocenters. The fourth-order valence-corrected chi connectivity index (χ4v) is 2.65. The summed E-state index contributed by atoms with van der Waals surface area (Å²) in [5.41, 5.74) is 7.22. The van der Waals surface area contributed by atoms with Gasteiger partial charge >= 0.3 is 0 Å². The van der Waals surface area contributed by atoms with Crippen molar-refractivity contribution in [2.75, 3.05) is 20.7 Å². The van der Waals surface area contributed by atoms with Gasteiger partial charge in [-0.3, -0.25) is 14.6 Å². The summed E-state index contributed by atoms with van der Waals surface area (Å²) in [4.78, 5) is 33.5. The van der Waals surface area contributed by atoms with Crippen LogP contribution in [0.25, 0.3) is 22.6 Å². The number of likely N-dealkylation sites (N-methyl/N-ethyl adjacent to an activating group) is 1. The van der Waals surface area contributed by atoms with E-state index in [0.29, 0.717) is 34.9 Å². The van der Waals surface area contributed by atoms with Crippen LogP contribution in [0.3, 0.4) is 0 Å². The Hall–Kier alpha value is -3.79. The molecule has 3 rings (SSSR count). The molecule has 10 heteroatoms. The molecule has 3 heterocycles. The minimum Gasteiger partial charge on any atom is -0.497 e. The molecule has 30 heavy (non-hydrogen) atoms. The van der Waals surface area contributed by atoms with Crippen LogP contribution in [0.4, 0.5) is 0 Å². The molecule has 156 valence electrons. The highest BCUT2D eigenvalue weighted by atomic mass is 16.5. The van der Waals surface area contributed by atoms with Gasteiger partial charge in [0, 0.05) is 43.6 Å². The minimum absolute atomic E-state index is 0.0317. The molecule has 0 aliphatic rings. The molecule has 0 saturated carbocycles. The number of amides is 2. The van der Waals surface area contributed by atoms with Crippen LogP contribution in [0, 0.1) is 0 Å². The van der Waals surface area contributed by atoms with Gasteiger partial charge in [-0.05, 0) is 19.1 Å². The average Bonchev–Trinajstić information content (AvgIpc) is 3.27. The van der Waals surface area contributed by atoms with Crippen molar-refractivity contribution in [2.45, 2.75) is 13.0 Å². The van der Waals surface area contributed by atoms with Gasteiger partial charge in [0.05, 0.1) is 18.5 Å². The van der Waals surface area contributed by atoms with Gasteiger partial charge in [0.1, 0.15) is 17.1 Å². The lowest BCUT2D eigenvalue weighted by molar-refractivity contribution is -0.139. The SMILES string of the molecule is CCN(C)C(=O)[C@H](O)c1cc(-c2ccnc(-c3cc(OC)cc(C(N)=O)n3)c2)no1. The van der Waals surface area contributed by atoms with Gasteiger partial charge in [-0.15, -0.1) is 0 Å². The summed E-state index contributed by atoms with van der Waals surface area (Å²) in [5, 5.41) is 14.2. The van der Waals surface area contributed by atoms with Gasteiger partial charge < -0.3 is 25.0 Å². The highest BCUT2D eigenvalue weighted by molar-refractivity contribution is 5.91. The summed E-state index contributed by atoms with van der Waals surface area (Å²) < 4.78 is 10.4. The van der Waals surface area contributed by atoms with Crippen molar-refractivity contribution in [3.05, 3.63) is 48.0 Å². The topological polar surface area (TPSA) is 145 Å². The number of ether oxygens (including phenoxy) is 1. The van der Waals surface area contributed by atoms with E-state index in [1.54, 1.807) is 32.2 Å². The van der Waals surface area contributed by atoms with E-state index in [4.69, 9.17) is 15.0 Å². The predicted octanol–water partition coefficient (Wildman–Crippen LogP) is 1.42. The molecular weight excluding hydrogens is 390 g/mol. The van der Waals surface area contributed by atoms with E-state index < -0.39 is 17.9 Å². The van der Waals surface area contributed by atoms with E-state index in [-0.39, 0.29) is 11.5 Å². The third kappa shape index (κ3) is 4.28. The van der Waals surface area contributed by atoms with E-state index in [0.717, 1.165) is 0 Å². The summed E-state index contributed by atoms with van der Waals surface area (Å²) in [6.45, 7) is 2.25. The quantitative estimate of drug-likeness (QED) is 0.594. The molecule has 3 aromatic heterocycles. The van der Waals surface area contributed by atoms with Crippen molar-refractivity contribution in [1.29, 1.82) is 0 Å². The van der Waals surface area contributed by atoms with E-state index in [1.807, 2.05) is 0 Å². The fraction of sp³-hybridized carbons (Fsp3) is 0.250. The lowest BCUT2D eigenvalue weighted by atomic mass is 10.1. The number of primary amides is 1. The van der Waals surface area contributed by atoms with Crippen LogP contribution in [0.2, 0.25) is 0 Å². The molecule has 0 saturated heterocycles. The van der Waals surface area contributed by atoms with E-state index >= 15 is 0 Å². The number of nitrogens with zero attached hydrogens (tertiary/aromatic N) is 4. The lowest BCUT2D eigenvalue weighted by Crippen LogP contribution is -2.31. The normalized spacial score (nSPS) is 11.7. The first-order chi connectivity index (χ1) is 14.3. The second-order valence-electron chi connectivity index (χ2n) is 6.44. The van der Waals surface area contributed by atoms with Crippen molar-refractivity contribution in [3.8, 4) is 28.4 Å². The third-order valence-corrected chi connectivity index (χ3v) is 4.49. The standard InChI is InChI=1S/C20H21N5O5/c1-4-25(2)20(28)18(26)17-10-13(24-30-17)11-5-6-22-14(7-11)15-8-12(29-3)9-16(23-15)19(21)27/h5-10,18,26H,4H2,1-3H3,(H2,21,27)/t18-/m1/s1. The fourth-order valence-electron chi connectivity index (χ4n) is 2.65. The summed E-state index contributed by atoms with van der Waals surface area (Å²) in [5.74, 6) is -0.742. The molecule has 0 aliphatic carbocycles. The molecule has 0 spiro atoms. The number of nitrogens with two attached hydrogens (primary N) is 1. The molecule has 0 aromatic carbocycles. The van der Waals surface area contributed by atoms with E-state index in [2.05, 4.69) is 15.1 Å². The van der Waals surface area contributed by atoms with E-state index in [1.165, 1.54) is 30.3 Å². The number of rotatable bonds is 7. The first-order valence-electron chi connectivity index (χ1n) is 9.06. The van der Waals surface area contributed by atoms with Crippen LogP contribution in [0.15, 0.2) is 41.1 Å². The summed E-state index contributed by atoms with van der Waals surface area (Å²) in [6.07, 6.45) is 0.0898. The molecule has 10 nitrogen and oxygen atoms in total. The van der Waals surface area contributed by atoms with Gasteiger partial charge in [0.15, 0.2) is 11.9 Å². The third-order valence-electron chi connectivity index (χ3n) is 4.49. The Kier molecular flexibility index (Phi) is 6.07. The average molecular weight is 411 g/mol. The number of carbonyl (C=O) groups excluding carboxylic acids is 2. The molecule has 2 amide bonds. The zero-order valence-corrected chi connectivity index (χ0v) is 16.7. The molecule has 3 N–H and O–H groups in total. The minimum atomic E-state index is -1.45. The van der Waals surface area contributed by atoms with Crippen molar-refractivity contribution < 1.29 is 24.0 Å². The zero-order valence-electron chi connectivity index (χ0n) is 16.7. The largest absolute Gasteiger partial charge is 0.497 e. The Labute approximate surface area is 172 Å². The van der Waals surface area contributed by atoms with Crippen molar-refractivity contribution in [3.63, 3.8) is 0 Å². The highest BCUT2D eigenvalue weighted by Gasteiger charge is 2.25. The number of carbonyl (C=O) groups is 2. The highest BCUT2D eigenvalue weighted by Crippen LogP contribution is 2.27. The van der Waals surface area contributed by atoms with Gasteiger partial charge in [-0.1, -0.05) is 5.16 Å². The van der Waals surface area contributed by atoms with E-state index in [9.17, 15) is 14.7 Å². The van der Waals surface area contributed by atoms with Crippen molar-refractivity contribution in [1.82, 2.24) is 20.0 Å². The summed E-state index contributed by atoms with van der Waals surface area (Å²) >= 11 is 0. The molecule has 0 bridgehead atoms. The number of methoxy groups -OCH3 is 1. The van der Waals surface area contributed by atoms with Crippen LogP contribution in [-0.4, -0.2) is 57.6 Å².